The molecule has 1 saturated carbocycles. The number of hydrogen-bond acceptors (Lipinski definition) is 4. The molecule has 0 heterocycles. The first-order valence-electron chi connectivity index (χ1n) is 9.48. The molecule has 0 spiro atoms. The molecule has 2 aromatic carbocycles. The first-order valence-corrected chi connectivity index (χ1v) is 10.9. The maximum Gasteiger partial charge on any atom is 0.307 e. The second kappa shape index (κ2) is 8.65. The molecule has 3 rings (SSSR count). The van der Waals surface area contributed by atoms with E-state index in [-0.39, 0.29) is 10.8 Å². The number of hydrogen-bond donors (Lipinski definition) is 2. The van der Waals surface area contributed by atoms with Crippen molar-refractivity contribution in [1.29, 1.82) is 0 Å². The molecule has 2 aromatic rings. The summed E-state index contributed by atoms with van der Waals surface area (Å²) in [5.74, 6) is -2.54. The molecule has 1 amide bonds. The summed E-state index contributed by atoms with van der Waals surface area (Å²) in [6.45, 7) is 0. The number of carbonyl (C=O) groups is 2. The fourth-order valence-corrected chi connectivity index (χ4v) is 4.82. The Morgan fingerprint density at radius 3 is 2.14 bits per heavy atom. The molecule has 0 unspecified atom stereocenters. The normalized spacial score (nSPS) is 19.3. The Kier molecular flexibility index (Phi) is 6.22. The number of rotatable bonds is 6. The van der Waals surface area contributed by atoms with Gasteiger partial charge in [0, 0.05) is 12.7 Å². The van der Waals surface area contributed by atoms with Crippen LogP contribution in [0.3, 0.4) is 0 Å². The average molecular weight is 416 g/mol. The minimum absolute atomic E-state index is 0.0999. The number of nitrogens with one attached hydrogen (secondary N) is 1. The summed E-state index contributed by atoms with van der Waals surface area (Å²) in [5, 5.41) is 12.1. The first kappa shape index (κ1) is 20.9. The molecule has 1 fully saturated rings. The van der Waals surface area contributed by atoms with Gasteiger partial charge in [0.25, 0.3) is 10.0 Å². The Morgan fingerprint density at radius 2 is 1.55 bits per heavy atom. The third-order valence-electron chi connectivity index (χ3n) is 5.32. The highest BCUT2D eigenvalue weighted by Gasteiger charge is 2.35. The number of nitrogens with zero attached hydrogens (tertiary/aromatic N) is 1. The van der Waals surface area contributed by atoms with Gasteiger partial charge in [-0.2, -0.15) is 0 Å². The molecule has 0 bridgehead atoms. The van der Waals surface area contributed by atoms with Crippen molar-refractivity contribution in [1.82, 2.24) is 0 Å². The molecule has 8 heteroatoms. The predicted molar refractivity (Wildman–Crippen MR) is 110 cm³/mol. The van der Waals surface area contributed by atoms with Gasteiger partial charge in [-0.1, -0.05) is 31.0 Å². The fourth-order valence-electron chi connectivity index (χ4n) is 3.62. The summed E-state index contributed by atoms with van der Waals surface area (Å²) >= 11 is 0. The second-order valence-electron chi connectivity index (χ2n) is 7.16. The number of carbonyl (C=O) groups excluding carboxylic acids is 1. The van der Waals surface area contributed by atoms with Crippen LogP contribution in [0.5, 0.6) is 0 Å². The minimum Gasteiger partial charge on any atom is -0.481 e. The van der Waals surface area contributed by atoms with Gasteiger partial charge in [0.1, 0.15) is 0 Å². The van der Waals surface area contributed by atoms with Crippen molar-refractivity contribution in [2.45, 2.75) is 30.6 Å². The van der Waals surface area contributed by atoms with Crippen LogP contribution in [0.15, 0.2) is 59.5 Å². The van der Waals surface area contributed by atoms with Crippen LogP contribution in [0.25, 0.3) is 0 Å². The molecule has 2 N–H and O–H groups in total. The Labute approximate surface area is 170 Å². The number of benzene rings is 2. The molecule has 29 heavy (non-hydrogen) atoms. The van der Waals surface area contributed by atoms with Gasteiger partial charge in [0.2, 0.25) is 5.91 Å². The highest BCUT2D eigenvalue weighted by atomic mass is 32.2. The Morgan fingerprint density at radius 1 is 0.966 bits per heavy atom. The molecular weight excluding hydrogens is 392 g/mol. The predicted octanol–water partition coefficient (Wildman–Crippen LogP) is 3.34. The molecule has 154 valence electrons. The summed E-state index contributed by atoms with van der Waals surface area (Å²) in [5.41, 5.74) is 0.980. The van der Waals surface area contributed by atoms with E-state index in [1.807, 2.05) is 6.07 Å². The standard InChI is InChI=1S/C21H24N2O5S/c1-23(16-7-3-2-4-8-16)29(27,28)17-13-11-15(12-14-17)22-20(24)18-9-5-6-10-19(18)21(25)26/h2-4,7-8,11-14,18-19H,5-6,9-10H2,1H3,(H,22,24)(H,25,26)/t18-,19-/m1/s1. The van der Waals surface area contributed by atoms with Crippen LogP contribution in [0.4, 0.5) is 11.4 Å². The van der Waals surface area contributed by atoms with E-state index in [0.29, 0.717) is 24.2 Å². The number of carboxylic acid groups (broad SMARTS) is 1. The van der Waals surface area contributed by atoms with E-state index in [0.717, 1.165) is 12.8 Å². The SMILES string of the molecule is CN(c1ccccc1)S(=O)(=O)c1ccc(NC(=O)[C@@H]2CCCC[C@H]2C(=O)O)cc1. The van der Waals surface area contributed by atoms with Crippen LogP contribution < -0.4 is 9.62 Å². The zero-order chi connectivity index (χ0) is 21.0. The summed E-state index contributed by atoms with van der Waals surface area (Å²) in [4.78, 5) is 24.1. The highest BCUT2D eigenvalue weighted by Crippen LogP contribution is 2.31. The van der Waals surface area contributed by atoms with Crippen LogP contribution in [-0.2, 0) is 19.6 Å². The molecule has 0 aliphatic heterocycles. The van der Waals surface area contributed by atoms with Gasteiger partial charge < -0.3 is 10.4 Å². The van der Waals surface area contributed by atoms with E-state index in [4.69, 9.17) is 0 Å². The zero-order valence-corrected chi connectivity index (χ0v) is 16.9. The molecule has 1 aliphatic carbocycles. The Bertz CT molecular complexity index is 974. The maximum atomic E-state index is 12.8. The van der Waals surface area contributed by atoms with Gasteiger partial charge in [0.15, 0.2) is 0 Å². The van der Waals surface area contributed by atoms with Crippen molar-refractivity contribution in [3.8, 4) is 0 Å². The molecule has 0 aromatic heterocycles. The molecular formula is C21H24N2O5S. The van der Waals surface area contributed by atoms with Crippen LogP contribution in [0, 0.1) is 11.8 Å². The maximum absolute atomic E-state index is 12.8. The van der Waals surface area contributed by atoms with Crippen molar-refractivity contribution in [3.63, 3.8) is 0 Å². The van der Waals surface area contributed by atoms with Crippen molar-refractivity contribution in [2.75, 3.05) is 16.7 Å². The van der Waals surface area contributed by atoms with Crippen molar-refractivity contribution < 1.29 is 23.1 Å². The van der Waals surface area contributed by atoms with E-state index >= 15 is 0 Å². The number of sulfonamides is 1. The number of anilines is 2. The van der Waals surface area contributed by atoms with E-state index in [1.54, 1.807) is 24.3 Å². The van der Waals surface area contributed by atoms with Gasteiger partial charge in [-0.15, -0.1) is 0 Å². The smallest absolute Gasteiger partial charge is 0.307 e. The summed E-state index contributed by atoms with van der Waals surface area (Å²) in [7, 11) is -2.25. The summed E-state index contributed by atoms with van der Waals surface area (Å²) < 4.78 is 26.8. The number of aliphatic carboxylic acids is 1. The third kappa shape index (κ3) is 4.59. The lowest BCUT2D eigenvalue weighted by Gasteiger charge is -2.27. The second-order valence-corrected chi connectivity index (χ2v) is 9.13. The van der Waals surface area contributed by atoms with Crippen LogP contribution in [0.1, 0.15) is 25.7 Å². The highest BCUT2D eigenvalue weighted by molar-refractivity contribution is 7.92. The van der Waals surface area contributed by atoms with Crippen molar-refractivity contribution in [2.24, 2.45) is 11.8 Å². The van der Waals surface area contributed by atoms with E-state index in [9.17, 15) is 23.1 Å². The van der Waals surface area contributed by atoms with Crippen molar-refractivity contribution in [3.05, 3.63) is 54.6 Å². The fraction of sp³-hybridized carbons (Fsp3) is 0.333. The molecule has 0 saturated heterocycles. The lowest BCUT2D eigenvalue weighted by atomic mass is 9.78. The first-order chi connectivity index (χ1) is 13.8. The summed E-state index contributed by atoms with van der Waals surface area (Å²) in [6, 6.07) is 14.6. The monoisotopic (exact) mass is 416 g/mol. The van der Waals surface area contributed by atoms with E-state index < -0.39 is 27.8 Å². The van der Waals surface area contributed by atoms with Gasteiger partial charge in [-0.25, -0.2) is 8.42 Å². The Balaban J connectivity index is 1.73. The topological polar surface area (TPSA) is 104 Å². The lowest BCUT2D eigenvalue weighted by molar-refractivity contribution is -0.147. The van der Waals surface area contributed by atoms with Gasteiger partial charge in [-0.05, 0) is 49.2 Å². The Hall–Kier alpha value is -2.87. The minimum atomic E-state index is -3.73. The molecule has 7 nitrogen and oxygen atoms in total. The van der Waals surface area contributed by atoms with Gasteiger partial charge >= 0.3 is 5.97 Å². The van der Waals surface area contributed by atoms with Crippen molar-refractivity contribution >= 4 is 33.3 Å². The lowest BCUT2D eigenvalue weighted by Crippen LogP contribution is -2.36. The van der Waals surface area contributed by atoms with Crippen LogP contribution in [0.2, 0.25) is 0 Å². The molecule has 2 atom stereocenters. The third-order valence-corrected chi connectivity index (χ3v) is 7.12. The molecule has 1 aliphatic rings. The van der Waals surface area contributed by atoms with E-state index in [1.165, 1.54) is 35.6 Å². The molecule has 0 radical (unpaired) electrons. The van der Waals surface area contributed by atoms with Crippen LogP contribution >= 0.6 is 0 Å². The number of amides is 1. The van der Waals surface area contributed by atoms with Crippen LogP contribution in [-0.4, -0.2) is 32.4 Å². The quantitative estimate of drug-likeness (QED) is 0.752. The van der Waals surface area contributed by atoms with Gasteiger partial charge in [0.05, 0.1) is 22.4 Å². The van der Waals surface area contributed by atoms with E-state index in [2.05, 4.69) is 5.32 Å². The number of para-hydroxylation sites is 1. The van der Waals surface area contributed by atoms with Gasteiger partial charge in [-0.3, -0.25) is 13.9 Å². The number of carboxylic acids is 1. The largest absolute Gasteiger partial charge is 0.481 e. The zero-order valence-electron chi connectivity index (χ0n) is 16.1. The average Bonchev–Trinajstić information content (AvgIpc) is 2.74. The summed E-state index contributed by atoms with van der Waals surface area (Å²) in [6.07, 6.45) is 2.67.